The van der Waals surface area contributed by atoms with Crippen molar-refractivity contribution in [3.8, 4) is 0 Å². The molecule has 21 heavy (non-hydrogen) atoms. The van der Waals surface area contributed by atoms with E-state index in [2.05, 4.69) is 10.3 Å². The molecular weight excluding hydrogens is 264 g/mol. The molecule has 0 radical (unpaired) electrons. The molecule has 1 unspecified atom stereocenters. The van der Waals surface area contributed by atoms with Crippen LogP contribution in [0.1, 0.15) is 35.3 Å². The standard InChI is InChI=1S/C17H20N2O2/c1-11-5-6-13-3-2-4-14(16(13)18-11)17(21)19-15(9-10-20)12-7-8-12/h2-6,12,15,20H,7-10H2,1H3,(H,19,21). The van der Waals surface area contributed by atoms with Gasteiger partial charge in [0.1, 0.15) is 0 Å². The Kier molecular flexibility index (Phi) is 3.88. The molecule has 4 nitrogen and oxygen atoms in total. The van der Waals surface area contributed by atoms with Crippen molar-refractivity contribution < 1.29 is 9.90 Å². The highest BCUT2D eigenvalue weighted by Crippen LogP contribution is 2.34. The van der Waals surface area contributed by atoms with Crippen LogP contribution in [0.2, 0.25) is 0 Å². The number of aromatic nitrogens is 1. The Labute approximate surface area is 124 Å². The Morgan fingerprint density at radius 1 is 1.38 bits per heavy atom. The average molecular weight is 284 g/mol. The van der Waals surface area contributed by atoms with Crippen LogP contribution in [-0.2, 0) is 0 Å². The van der Waals surface area contributed by atoms with Crippen molar-refractivity contribution in [2.45, 2.75) is 32.2 Å². The van der Waals surface area contributed by atoms with Crippen LogP contribution in [0.3, 0.4) is 0 Å². The van der Waals surface area contributed by atoms with Gasteiger partial charge in [-0.2, -0.15) is 0 Å². The number of pyridine rings is 1. The molecule has 2 N–H and O–H groups in total. The number of hydrogen-bond donors (Lipinski definition) is 2. The van der Waals surface area contributed by atoms with Gasteiger partial charge in [-0.3, -0.25) is 9.78 Å². The maximum Gasteiger partial charge on any atom is 0.253 e. The van der Waals surface area contributed by atoms with E-state index in [4.69, 9.17) is 5.11 Å². The van der Waals surface area contributed by atoms with Crippen molar-refractivity contribution in [3.63, 3.8) is 0 Å². The second kappa shape index (κ2) is 5.82. The van der Waals surface area contributed by atoms with Gasteiger partial charge in [-0.25, -0.2) is 0 Å². The molecule has 1 aliphatic rings. The molecule has 1 saturated carbocycles. The maximum atomic E-state index is 12.6. The van der Waals surface area contributed by atoms with Crippen molar-refractivity contribution in [1.82, 2.24) is 10.3 Å². The zero-order valence-electron chi connectivity index (χ0n) is 12.2. The number of para-hydroxylation sites is 1. The normalized spacial score (nSPS) is 15.9. The van der Waals surface area contributed by atoms with E-state index in [-0.39, 0.29) is 18.6 Å². The molecule has 4 heteroatoms. The predicted molar refractivity (Wildman–Crippen MR) is 82.2 cm³/mol. The zero-order chi connectivity index (χ0) is 14.8. The summed E-state index contributed by atoms with van der Waals surface area (Å²) in [5.74, 6) is 0.426. The number of hydrogen-bond acceptors (Lipinski definition) is 3. The maximum absolute atomic E-state index is 12.6. The van der Waals surface area contributed by atoms with Crippen molar-refractivity contribution in [2.75, 3.05) is 6.61 Å². The second-order valence-electron chi connectivity index (χ2n) is 5.76. The minimum Gasteiger partial charge on any atom is -0.396 e. The monoisotopic (exact) mass is 284 g/mol. The lowest BCUT2D eigenvalue weighted by molar-refractivity contribution is 0.0926. The molecule has 1 fully saturated rings. The highest BCUT2D eigenvalue weighted by molar-refractivity contribution is 6.05. The van der Waals surface area contributed by atoms with E-state index in [1.165, 1.54) is 0 Å². The summed E-state index contributed by atoms with van der Waals surface area (Å²) >= 11 is 0. The quantitative estimate of drug-likeness (QED) is 0.886. The molecule has 110 valence electrons. The van der Waals surface area contributed by atoms with Crippen LogP contribution in [-0.4, -0.2) is 28.6 Å². The molecule has 3 rings (SSSR count). The van der Waals surface area contributed by atoms with E-state index in [0.717, 1.165) is 29.4 Å². The number of aryl methyl sites for hydroxylation is 1. The molecule has 1 amide bonds. The molecule has 1 aromatic heterocycles. The number of nitrogens with zero attached hydrogens (tertiary/aromatic N) is 1. The summed E-state index contributed by atoms with van der Waals surface area (Å²) in [6.07, 6.45) is 2.89. The number of aliphatic hydroxyl groups is 1. The third kappa shape index (κ3) is 3.05. The van der Waals surface area contributed by atoms with E-state index < -0.39 is 0 Å². The summed E-state index contributed by atoms with van der Waals surface area (Å²) < 4.78 is 0. The molecule has 0 spiro atoms. The molecule has 0 bridgehead atoms. The zero-order valence-corrected chi connectivity index (χ0v) is 12.2. The van der Waals surface area contributed by atoms with Crippen LogP contribution in [0.25, 0.3) is 10.9 Å². The topological polar surface area (TPSA) is 62.2 Å². The highest BCUT2D eigenvalue weighted by Gasteiger charge is 2.32. The van der Waals surface area contributed by atoms with E-state index >= 15 is 0 Å². The van der Waals surface area contributed by atoms with Crippen molar-refractivity contribution in [2.24, 2.45) is 5.92 Å². The van der Waals surface area contributed by atoms with E-state index in [9.17, 15) is 4.79 Å². The molecule has 1 aromatic carbocycles. The van der Waals surface area contributed by atoms with Crippen LogP contribution < -0.4 is 5.32 Å². The summed E-state index contributed by atoms with van der Waals surface area (Å²) in [5, 5.41) is 13.2. The van der Waals surface area contributed by atoms with Gasteiger partial charge in [0, 0.05) is 23.7 Å². The minimum atomic E-state index is -0.0935. The first-order valence-electron chi connectivity index (χ1n) is 7.47. The first kappa shape index (κ1) is 14.0. The Morgan fingerprint density at radius 2 is 2.19 bits per heavy atom. The number of rotatable bonds is 5. The predicted octanol–water partition coefficient (Wildman–Crippen LogP) is 2.43. The number of nitrogens with one attached hydrogen (secondary N) is 1. The van der Waals surface area contributed by atoms with Crippen LogP contribution in [0.4, 0.5) is 0 Å². The number of carbonyl (C=O) groups excluding carboxylic acids is 1. The van der Waals surface area contributed by atoms with Gasteiger partial charge < -0.3 is 10.4 Å². The molecule has 2 aromatic rings. The van der Waals surface area contributed by atoms with E-state index in [1.54, 1.807) is 0 Å². The van der Waals surface area contributed by atoms with Crippen LogP contribution >= 0.6 is 0 Å². The van der Waals surface area contributed by atoms with E-state index in [1.807, 2.05) is 37.3 Å². The molecule has 1 aliphatic carbocycles. The van der Waals surface area contributed by atoms with Gasteiger partial charge in [0.05, 0.1) is 11.1 Å². The number of fused-ring (bicyclic) bond motifs is 1. The number of amides is 1. The Hall–Kier alpha value is -1.94. The van der Waals surface area contributed by atoms with Crippen LogP contribution in [0.15, 0.2) is 30.3 Å². The fourth-order valence-corrected chi connectivity index (χ4v) is 2.74. The van der Waals surface area contributed by atoms with Gasteiger partial charge >= 0.3 is 0 Å². The van der Waals surface area contributed by atoms with Gasteiger partial charge in [0.15, 0.2) is 0 Å². The summed E-state index contributed by atoms with van der Waals surface area (Å²) in [5.41, 5.74) is 2.25. The smallest absolute Gasteiger partial charge is 0.253 e. The lowest BCUT2D eigenvalue weighted by Crippen LogP contribution is -2.37. The minimum absolute atomic E-state index is 0.0718. The Morgan fingerprint density at radius 3 is 2.90 bits per heavy atom. The fourth-order valence-electron chi connectivity index (χ4n) is 2.74. The van der Waals surface area contributed by atoms with Gasteiger partial charge in [0.2, 0.25) is 0 Å². The molecule has 1 heterocycles. The molecule has 0 saturated heterocycles. The Bertz CT molecular complexity index is 665. The first-order chi connectivity index (χ1) is 10.2. The number of carbonyl (C=O) groups is 1. The van der Waals surface area contributed by atoms with Gasteiger partial charge in [-0.1, -0.05) is 18.2 Å². The largest absolute Gasteiger partial charge is 0.396 e. The van der Waals surface area contributed by atoms with Crippen molar-refractivity contribution in [3.05, 3.63) is 41.6 Å². The van der Waals surface area contributed by atoms with Crippen LogP contribution in [0.5, 0.6) is 0 Å². The lowest BCUT2D eigenvalue weighted by Gasteiger charge is -2.17. The third-order valence-corrected chi connectivity index (χ3v) is 4.05. The summed E-state index contributed by atoms with van der Waals surface area (Å²) in [6.45, 7) is 2.03. The first-order valence-corrected chi connectivity index (χ1v) is 7.47. The molecular formula is C17H20N2O2. The molecule has 0 aliphatic heterocycles. The van der Waals surface area contributed by atoms with Crippen molar-refractivity contribution >= 4 is 16.8 Å². The molecule has 1 atom stereocenters. The third-order valence-electron chi connectivity index (χ3n) is 4.05. The van der Waals surface area contributed by atoms with E-state index in [0.29, 0.717) is 17.9 Å². The SMILES string of the molecule is Cc1ccc2cccc(C(=O)NC(CCO)C3CC3)c2n1. The summed E-state index contributed by atoms with van der Waals surface area (Å²) in [4.78, 5) is 17.1. The summed E-state index contributed by atoms with van der Waals surface area (Å²) in [6, 6.07) is 9.66. The number of aliphatic hydroxyl groups excluding tert-OH is 1. The lowest BCUT2D eigenvalue weighted by atomic mass is 10.1. The van der Waals surface area contributed by atoms with Gasteiger partial charge in [0.25, 0.3) is 5.91 Å². The van der Waals surface area contributed by atoms with Gasteiger partial charge in [-0.15, -0.1) is 0 Å². The summed E-state index contributed by atoms with van der Waals surface area (Å²) in [7, 11) is 0. The average Bonchev–Trinajstić information content (AvgIpc) is 3.30. The fraction of sp³-hybridized carbons (Fsp3) is 0.412. The number of benzene rings is 1. The highest BCUT2D eigenvalue weighted by atomic mass is 16.3. The second-order valence-corrected chi connectivity index (χ2v) is 5.76. The Balaban J connectivity index is 1.88. The van der Waals surface area contributed by atoms with Crippen LogP contribution in [0, 0.1) is 12.8 Å². The van der Waals surface area contributed by atoms with Crippen molar-refractivity contribution in [1.29, 1.82) is 0 Å². The van der Waals surface area contributed by atoms with Gasteiger partial charge in [-0.05, 0) is 44.2 Å².